The zero-order valence-electron chi connectivity index (χ0n) is 13.8. The number of rotatable bonds is 5. The van der Waals surface area contributed by atoms with Crippen molar-refractivity contribution in [2.45, 2.75) is 57.5 Å². The number of carbonyl (C=O) groups is 2. The van der Waals surface area contributed by atoms with Gasteiger partial charge in [0.05, 0.1) is 12.5 Å². The number of imide groups is 1. The Morgan fingerprint density at radius 3 is 2.62 bits per heavy atom. The Bertz CT molecular complexity index is 410. The highest BCUT2D eigenvalue weighted by Crippen LogP contribution is 2.35. The molecule has 0 aromatic heterocycles. The van der Waals surface area contributed by atoms with Crippen LogP contribution in [-0.4, -0.2) is 60.4 Å². The lowest BCUT2D eigenvalue weighted by atomic mass is 9.75. The van der Waals surface area contributed by atoms with Crippen LogP contribution < -0.4 is 5.32 Å². The third-order valence-corrected chi connectivity index (χ3v) is 5.25. The van der Waals surface area contributed by atoms with E-state index in [1.54, 1.807) is 0 Å². The lowest BCUT2D eigenvalue weighted by Crippen LogP contribution is -2.56. The Labute approximate surface area is 128 Å². The van der Waals surface area contributed by atoms with Gasteiger partial charge in [-0.05, 0) is 39.8 Å². The minimum Gasteiger partial charge on any atom is -0.304 e. The molecule has 21 heavy (non-hydrogen) atoms. The molecule has 3 unspecified atom stereocenters. The molecule has 2 amide bonds. The van der Waals surface area contributed by atoms with Crippen molar-refractivity contribution in [2.75, 3.05) is 27.2 Å². The summed E-state index contributed by atoms with van der Waals surface area (Å²) >= 11 is 0. The van der Waals surface area contributed by atoms with Crippen molar-refractivity contribution in [1.82, 2.24) is 15.1 Å². The fourth-order valence-electron chi connectivity index (χ4n) is 3.85. The summed E-state index contributed by atoms with van der Waals surface area (Å²) in [6.45, 7) is 5.42. The van der Waals surface area contributed by atoms with Crippen molar-refractivity contribution in [2.24, 2.45) is 5.92 Å². The summed E-state index contributed by atoms with van der Waals surface area (Å²) in [5.74, 6) is 0.618. The Hall–Kier alpha value is -0.940. The highest BCUT2D eigenvalue weighted by molar-refractivity contribution is 6.05. The molecule has 0 aromatic carbocycles. The normalized spacial score (nSPS) is 34.0. The Morgan fingerprint density at radius 1 is 1.38 bits per heavy atom. The second-order valence-corrected chi connectivity index (χ2v) is 6.93. The molecule has 0 spiro atoms. The van der Waals surface area contributed by atoms with Crippen LogP contribution in [0, 0.1) is 5.92 Å². The van der Waals surface area contributed by atoms with Crippen LogP contribution in [0.15, 0.2) is 0 Å². The molecule has 2 aliphatic rings. The van der Waals surface area contributed by atoms with E-state index in [-0.39, 0.29) is 23.4 Å². The standard InChI is InChI=1S/C16H29N3O2/c1-5-19-14(20)9-13(15(19)21)17-11-16(18(3)4)8-6-7-12(2)10-16/h12-13,17H,5-11H2,1-4H3. The second-order valence-electron chi connectivity index (χ2n) is 6.93. The molecule has 1 saturated carbocycles. The maximum absolute atomic E-state index is 12.2. The zero-order valence-corrected chi connectivity index (χ0v) is 13.8. The van der Waals surface area contributed by atoms with Crippen LogP contribution in [0.3, 0.4) is 0 Å². The van der Waals surface area contributed by atoms with Crippen molar-refractivity contribution in [3.05, 3.63) is 0 Å². The van der Waals surface area contributed by atoms with E-state index in [1.165, 1.54) is 17.7 Å². The minimum atomic E-state index is -0.327. The van der Waals surface area contributed by atoms with Crippen LogP contribution in [0.5, 0.6) is 0 Å². The van der Waals surface area contributed by atoms with Crippen LogP contribution in [0.1, 0.15) is 46.0 Å². The number of amides is 2. The van der Waals surface area contributed by atoms with Gasteiger partial charge in [0.1, 0.15) is 0 Å². The SMILES string of the molecule is CCN1C(=O)CC(NCC2(N(C)C)CCCC(C)C2)C1=O. The molecular weight excluding hydrogens is 266 g/mol. The van der Waals surface area contributed by atoms with E-state index in [9.17, 15) is 9.59 Å². The lowest BCUT2D eigenvalue weighted by Gasteiger charge is -2.45. The summed E-state index contributed by atoms with van der Waals surface area (Å²) < 4.78 is 0. The molecule has 120 valence electrons. The van der Waals surface area contributed by atoms with Gasteiger partial charge in [0.15, 0.2) is 0 Å². The van der Waals surface area contributed by atoms with Crippen LogP contribution in [0.4, 0.5) is 0 Å². The number of nitrogens with zero attached hydrogens (tertiary/aromatic N) is 2. The van der Waals surface area contributed by atoms with Crippen molar-refractivity contribution >= 4 is 11.8 Å². The quantitative estimate of drug-likeness (QED) is 0.775. The van der Waals surface area contributed by atoms with Gasteiger partial charge in [0, 0.05) is 18.6 Å². The van der Waals surface area contributed by atoms with Gasteiger partial charge < -0.3 is 10.2 Å². The summed E-state index contributed by atoms with van der Waals surface area (Å²) in [7, 11) is 4.25. The number of likely N-dealkylation sites (tertiary alicyclic amines) is 1. The summed E-state index contributed by atoms with van der Waals surface area (Å²) in [5.41, 5.74) is 0.112. The average Bonchev–Trinajstić information content (AvgIpc) is 2.70. The zero-order chi connectivity index (χ0) is 15.6. The molecule has 1 saturated heterocycles. The molecule has 1 heterocycles. The third kappa shape index (κ3) is 3.29. The molecule has 5 nitrogen and oxygen atoms in total. The summed E-state index contributed by atoms with van der Waals surface area (Å²) in [6, 6.07) is -0.327. The first-order valence-corrected chi connectivity index (χ1v) is 8.14. The molecule has 1 aliphatic heterocycles. The molecule has 2 fully saturated rings. The van der Waals surface area contributed by atoms with Crippen LogP contribution in [0.2, 0.25) is 0 Å². The first-order valence-electron chi connectivity index (χ1n) is 8.14. The summed E-state index contributed by atoms with van der Waals surface area (Å²) in [6.07, 6.45) is 5.15. The van der Waals surface area contributed by atoms with Crippen molar-refractivity contribution in [1.29, 1.82) is 0 Å². The minimum absolute atomic E-state index is 0.0454. The summed E-state index contributed by atoms with van der Waals surface area (Å²) in [4.78, 5) is 27.6. The van der Waals surface area contributed by atoms with Crippen molar-refractivity contribution in [3.8, 4) is 0 Å². The maximum Gasteiger partial charge on any atom is 0.246 e. The predicted octanol–water partition coefficient (Wildman–Crippen LogP) is 1.23. The lowest BCUT2D eigenvalue weighted by molar-refractivity contribution is -0.138. The first kappa shape index (κ1) is 16.4. The smallest absolute Gasteiger partial charge is 0.246 e. The van der Waals surface area contributed by atoms with E-state index in [2.05, 4.69) is 31.2 Å². The number of hydrogen-bond acceptors (Lipinski definition) is 4. The molecule has 1 aliphatic carbocycles. The average molecular weight is 295 g/mol. The largest absolute Gasteiger partial charge is 0.304 e. The van der Waals surface area contributed by atoms with Gasteiger partial charge in [0.2, 0.25) is 11.8 Å². The van der Waals surface area contributed by atoms with Gasteiger partial charge >= 0.3 is 0 Å². The van der Waals surface area contributed by atoms with Crippen LogP contribution >= 0.6 is 0 Å². The number of nitrogens with one attached hydrogen (secondary N) is 1. The van der Waals surface area contributed by atoms with Crippen molar-refractivity contribution in [3.63, 3.8) is 0 Å². The van der Waals surface area contributed by atoms with Crippen LogP contribution in [-0.2, 0) is 9.59 Å². The van der Waals surface area contributed by atoms with E-state index in [4.69, 9.17) is 0 Å². The number of carbonyl (C=O) groups excluding carboxylic acids is 2. The van der Waals surface area contributed by atoms with Gasteiger partial charge in [0.25, 0.3) is 0 Å². The van der Waals surface area contributed by atoms with Gasteiger partial charge in [-0.3, -0.25) is 14.5 Å². The highest BCUT2D eigenvalue weighted by atomic mass is 16.2. The maximum atomic E-state index is 12.2. The first-order chi connectivity index (χ1) is 9.89. The van der Waals surface area contributed by atoms with E-state index in [0.717, 1.165) is 25.3 Å². The molecule has 3 atom stereocenters. The molecule has 5 heteroatoms. The van der Waals surface area contributed by atoms with E-state index in [0.29, 0.717) is 13.0 Å². The van der Waals surface area contributed by atoms with E-state index in [1.807, 2.05) is 6.92 Å². The fraction of sp³-hybridized carbons (Fsp3) is 0.875. The number of hydrogen-bond donors (Lipinski definition) is 1. The highest BCUT2D eigenvalue weighted by Gasteiger charge is 2.41. The Morgan fingerprint density at radius 2 is 2.10 bits per heavy atom. The molecule has 0 radical (unpaired) electrons. The molecular formula is C16H29N3O2. The van der Waals surface area contributed by atoms with Gasteiger partial charge in [-0.2, -0.15) is 0 Å². The van der Waals surface area contributed by atoms with E-state index < -0.39 is 0 Å². The molecule has 0 aromatic rings. The Balaban J connectivity index is 2.00. The number of likely N-dealkylation sites (N-methyl/N-ethyl adjacent to an activating group) is 2. The fourth-order valence-corrected chi connectivity index (χ4v) is 3.85. The van der Waals surface area contributed by atoms with Gasteiger partial charge in [-0.25, -0.2) is 0 Å². The van der Waals surface area contributed by atoms with Crippen molar-refractivity contribution < 1.29 is 9.59 Å². The van der Waals surface area contributed by atoms with E-state index >= 15 is 0 Å². The van der Waals surface area contributed by atoms with Crippen LogP contribution in [0.25, 0.3) is 0 Å². The summed E-state index contributed by atoms with van der Waals surface area (Å²) in [5, 5.41) is 3.38. The third-order valence-electron chi connectivity index (χ3n) is 5.25. The predicted molar refractivity (Wildman–Crippen MR) is 82.9 cm³/mol. The molecule has 2 rings (SSSR count). The molecule has 1 N–H and O–H groups in total. The van der Waals surface area contributed by atoms with Gasteiger partial charge in [-0.1, -0.05) is 19.8 Å². The second kappa shape index (κ2) is 6.44. The Kier molecular flexibility index (Phi) is 5.04. The monoisotopic (exact) mass is 295 g/mol. The molecule has 0 bridgehead atoms. The topological polar surface area (TPSA) is 52.7 Å². The van der Waals surface area contributed by atoms with Gasteiger partial charge in [-0.15, -0.1) is 0 Å².